The van der Waals surface area contributed by atoms with E-state index in [1.807, 2.05) is 19.1 Å². The molecule has 4 nitrogen and oxygen atoms in total. The first-order valence-corrected chi connectivity index (χ1v) is 6.33. The van der Waals surface area contributed by atoms with Crippen molar-refractivity contribution in [3.8, 4) is 11.5 Å². The van der Waals surface area contributed by atoms with Crippen LogP contribution in [0, 0.1) is 0 Å². The maximum absolute atomic E-state index is 6.07. The number of nitrogens with two attached hydrogens (primary N) is 1. The van der Waals surface area contributed by atoms with E-state index in [1.54, 1.807) is 6.07 Å². The molecule has 1 aromatic heterocycles. The van der Waals surface area contributed by atoms with Gasteiger partial charge >= 0.3 is 0 Å². The van der Waals surface area contributed by atoms with E-state index in [0.717, 1.165) is 10.9 Å². The van der Waals surface area contributed by atoms with Crippen molar-refractivity contribution < 1.29 is 4.52 Å². The van der Waals surface area contributed by atoms with Crippen molar-refractivity contribution in [3.63, 3.8) is 0 Å². The van der Waals surface area contributed by atoms with Gasteiger partial charge in [0.2, 0.25) is 0 Å². The van der Waals surface area contributed by atoms with Gasteiger partial charge in [0.15, 0.2) is 5.82 Å². The summed E-state index contributed by atoms with van der Waals surface area (Å²) in [5.41, 5.74) is 6.52. The fourth-order valence-electron chi connectivity index (χ4n) is 1.34. The number of rotatable bonds is 3. The molecule has 0 aliphatic heterocycles. The van der Waals surface area contributed by atoms with Gasteiger partial charge in [-0.15, -0.1) is 0 Å². The van der Waals surface area contributed by atoms with Gasteiger partial charge in [0, 0.05) is 4.47 Å². The van der Waals surface area contributed by atoms with Crippen LogP contribution in [0.5, 0.6) is 0 Å². The molecule has 6 heteroatoms. The van der Waals surface area contributed by atoms with Crippen molar-refractivity contribution in [1.82, 2.24) is 10.1 Å². The molecule has 0 amide bonds. The van der Waals surface area contributed by atoms with E-state index in [0.29, 0.717) is 22.3 Å². The SMILES string of the molecule is CCC(N)c1noc(-c2cc(Br)ccc2Cl)n1. The Morgan fingerprint density at radius 2 is 2.29 bits per heavy atom. The van der Waals surface area contributed by atoms with Gasteiger partial charge in [-0.05, 0) is 24.6 Å². The van der Waals surface area contributed by atoms with Crippen LogP contribution in [0.4, 0.5) is 0 Å². The largest absolute Gasteiger partial charge is 0.334 e. The summed E-state index contributed by atoms with van der Waals surface area (Å²) in [6, 6.07) is 5.24. The van der Waals surface area contributed by atoms with Crippen molar-refractivity contribution in [2.45, 2.75) is 19.4 Å². The van der Waals surface area contributed by atoms with Crippen molar-refractivity contribution >= 4 is 27.5 Å². The number of halogens is 2. The second-order valence-corrected chi connectivity index (χ2v) is 4.92. The second-order valence-electron chi connectivity index (χ2n) is 3.60. The van der Waals surface area contributed by atoms with Gasteiger partial charge < -0.3 is 10.3 Å². The normalized spacial score (nSPS) is 12.7. The molecule has 2 N–H and O–H groups in total. The average molecular weight is 317 g/mol. The van der Waals surface area contributed by atoms with E-state index < -0.39 is 0 Å². The molecule has 0 aliphatic carbocycles. The Morgan fingerprint density at radius 3 is 3.00 bits per heavy atom. The van der Waals surface area contributed by atoms with E-state index >= 15 is 0 Å². The van der Waals surface area contributed by atoms with E-state index in [9.17, 15) is 0 Å². The summed E-state index contributed by atoms with van der Waals surface area (Å²) < 4.78 is 6.06. The molecule has 0 saturated heterocycles. The highest BCUT2D eigenvalue weighted by molar-refractivity contribution is 9.10. The van der Waals surface area contributed by atoms with Crippen molar-refractivity contribution in [3.05, 3.63) is 33.5 Å². The van der Waals surface area contributed by atoms with Crippen molar-refractivity contribution in [1.29, 1.82) is 0 Å². The van der Waals surface area contributed by atoms with E-state index in [4.69, 9.17) is 21.9 Å². The molecule has 90 valence electrons. The van der Waals surface area contributed by atoms with Crippen LogP contribution in [0.25, 0.3) is 11.5 Å². The molecule has 17 heavy (non-hydrogen) atoms. The van der Waals surface area contributed by atoms with Gasteiger partial charge in [-0.1, -0.05) is 39.6 Å². The van der Waals surface area contributed by atoms with Crippen LogP contribution in [-0.2, 0) is 0 Å². The average Bonchev–Trinajstić information content (AvgIpc) is 2.80. The smallest absolute Gasteiger partial charge is 0.259 e. The van der Waals surface area contributed by atoms with Crippen molar-refractivity contribution in [2.75, 3.05) is 0 Å². The molecule has 0 aliphatic rings. The quantitative estimate of drug-likeness (QED) is 0.940. The summed E-state index contributed by atoms with van der Waals surface area (Å²) in [6.45, 7) is 1.97. The van der Waals surface area contributed by atoms with Crippen LogP contribution in [0.3, 0.4) is 0 Å². The molecular weight excluding hydrogens is 305 g/mol. The first-order chi connectivity index (χ1) is 8.11. The van der Waals surface area contributed by atoms with Gasteiger partial charge in [-0.25, -0.2) is 0 Å². The first kappa shape index (κ1) is 12.5. The molecule has 0 spiro atoms. The zero-order chi connectivity index (χ0) is 12.4. The summed E-state index contributed by atoms with van der Waals surface area (Å²) in [5, 5.41) is 4.41. The Labute approximate surface area is 112 Å². The standard InChI is InChI=1S/C11H11BrClN3O/c1-2-9(14)10-15-11(17-16-10)7-5-6(12)3-4-8(7)13/h3-5,9H,2,14H2,1H3. The lowest BCUT2D eigenvalue weighted by Crippen LogP contribution is -2.10. The molecule has 1 atom stereocenters. The minimum atomic E-state index is -0.210. The zero-order valence-electron chi connectivity index (χ0n) is 9.15. The fourth-order valence-corrected chi connectivity index (χ4v) is 1.90. The third-order valence-electron chi connectivity index (χ3n) is 2.37. The lowest BCUT2D eigenvalue weighted by molar-refractivity contribution is 0.415. The molecule has 1 heterocycles. The van der Waals surface area contributed by atoms with Gasteiger partial charge in [0.05, 0.1) is 16.6 Å². The number of hydrogen-bond donors (Lipinski definition) is 1. The molecule has 0 radical (unpaired) electrons. The Balaban J connectivity index is 2.40. The Hall–Kier alpha value is -0.910. The lowest BCUT2D eigenvalue weighted by Gasteiger charge is -2.00. The van der Waals surface area contributed by atoms with Crippen LogP contribution < -0.4 is 5.73 Å². The molecule has 2 aromatic rings. The zero-order valence-corrected chi connectivity index (χ0v) is 11.5. The number of benzene rings is 1. The van der Waals surface area contributed by atoms with Crippen LogP contribution >= 0.6 is 27.5 Å². The lowest BCUT2D eigenvalue weighted by atomic mass is 10.2. The highest BCUT2D eigenvalue weighted by Gasteiger charge is 2.15. The molecule has 0 fully saturated rings. The molecule has 2 rings (SSSR count). The third-order valence-corrected chi connectivity index (χ3v) is 3.19. The summed E-state index contributed by atoms with van der Waals surface area (Å²) in [4.78, 5) is 4.25. The minimum absolute atomic E-state index is 0.210. The van der Waals surface area contributed by atoms with Gasteiger partial charge in [-0.2, -0.15) is 4.98 Å². The first-order valence-electron chi connectivity index (χ1n) is 5.16. The maximum Gasteiger partial charge on any atom is 0.259 e. The number of hydrogen-bond acceptors (Lipinski definition) is 4. The van der Waals surface area contributed by atoms with E-state index in [-0.39, 0.29) is 6.04 Å². The van der Waals surface area contributed by atoms with Crippen molar-refractivity contribution in [2.24, 2.45) is 5.73 Å². The highest BCUT2D eigenvalue weighted by Crippen LogP contribution is 2.30. The molecule has 0 bridgehead atoms. The second kappa shape index (κ2) is 5.16. The monoisotopic (exact) mass is 315 g/mol. The summed E-state index contributed by atoms with van der Waals surface area (Å²) in [6.07, 6.45) is 0.755. The van der Waals surface area contributed by atoms with Gasteiger partial charge in [0.1, 0.15) is 0 Å². The van der Waals surface area contributed by atoms with Crippen LogP contribution in [0.2, 0.25) is 5.02 Å². The minimum Gasteiger partial charge on any atom is -0.334 e. The van der Waals surface area contributed by atoms with Gasteiger partial charge in [0.25, 0.3) is 5.89 Å². The predicted molar refractivity (Wildman–Crippen MR) is 69.7 cm³/mol. The van der Waals surface area contributed by atoms with Crippen LogP contribution in [0.15, 0.2) is 27.2 Å². The fraction of sp³-hybridized carbons (Fsp3) is 0.273. The Kier molecular flexibility index (Phi) is 3.81. The molecule has 0 saturated carbocycles. The summed E-state index contributed by atoms with van der Waals surface area (Å²) in [7, 11) is 0. The van der Waals surface area contributed by atoms with Crippen LogP contribution in [-0.4, -0.2) is 10.1 Å². The molecular formula is C11H11BrClN3O. The number of nitrogens with zero attached hydrogens (tertiary/aromatic N) is 2. The molecule has 1 unspecified atom stereocenters. The third kappa shape index (κ3) is 2.68. The summed E-state index contributed by atoms with van der Waals surface area (Å²) >= 11 is 9.44. The van der Waals surface area contributed by atoms with E-state index in [2.05, 4.69) is 26.1 Å². The Morgan fingerprint density at radius 1 is 1.53 bits per heavy atom. The topological polar surface area (TPSA) is 64.9 Å². The highest BCUT2D eigenvalue weighted by atomic mass is 79.9. The predicted octanol–water partition coefficient (Wildman–Crippen LogP) is 3.56. The maximum atomic E-state index is 6.07. The summed E-state index contributed by atoms with van der Waals surface area (Å²) in [5.74, 6) is 0.883. The van der Waals surface area contributed by atoms with E-state index in [1.165, 1.54) is 0 Å². The molecule has 1 aromatic carbocycles. The van der Waals surface area contributed by atoms with Crippen LogP contribution in [0.1, 0.15) is 25.2 Å². The van der Waals surface area contributed by atoms with Gasteiger partial charge in [-0.3, -0.25) is 0 Å². The number of aromatic nitrogens is 2. The Bertz CT molecular complexity index is 529.